The number of rotatable bonds is 7. The highest BCUT2D eigenvalue weighted by Gasteiger charge is 2.28. The van der Waals surface area contributed by atoms with Crippen molar-refractivity contribution in [3.05, 3.63) is 89.0 Å². The van der Waals surface area contributed by atoms with Crippen molar-refractivity contribution >= 4 is 39.1 Å². The van der Waals surface area contributed by atoms with Crippen molar-refractivity contribution in [2.75, 3.05) is 10.0 Å². The van der Waals surface area contributed by atoms with Crippen molar-refractivity contribution in [2.24, 2.45) is 0 Å². The van der Waals surface area contributed by atoms with E-state index in [0.717, 1.165) is 16.7 Å². The van der Waals surface area contributed by atoms with Crippen LogP contribution >= 0.6 is 0 Å². The number of benzene rings is 3. The SMILES string of the molecule is Cc1cccc(C)c1NS(=O)(=O)c1ccc(NC(=O)c2ccc(CN3C(=O)CCC3=O)cc2)cc1. The monoisotopic (exact) mass is 491 g/mol. The minimum Gasteiger partial charge on any atom is -0.322 e. The molecule has 0 aromatic heterocycles. The zero-order valence-electron chi connectivity index (χ0n) is 19.4. The number of aryl methyl sites for hydroxylation is 2. The molecule has 8 nitrogen and oxygen atoms in total. The Kier molecular flexibility index (Phi) is 6.70. The highest BCUT2D eigenvalue weighted by molar-refractivity contribution is 7.92. The molecule has 1 aliphatic heterocycles. The van der Waals surface area contributed by atoms with Gasteiger partial charge in [0.1, 0.15) is 0 Å². The van der Waals surface area contributed by atoms with Gasteiger partial charge in [-0.3, -0.25) is 24.0 Å². The summed E-state index contributed by atoms with van der Waals surface area (Å²) < 4.78 is 28.3. The Bertz CT molecular complexity index is 1360. The van der Waals surface area contributed by atoms with E-state index in [1.54, 1.807) is 24.3 Å². The number of sulfonamides is 1. The van der Waals surface area contributed by atoms with Gasteiger partial charge in [-0.15, -0.1) is 0 Å². The molecule has 4 rings (SSSR count). The van der Waals surface area contributed by atoms with Gasteiger partial charge in [-0.05, 0) is 66.9 Å². The number of para-hydroxylation sites is 1. The molecule has 0 unspecified atom stereocenters. The van der Waals surface area contributed by atoms with E-state index in [-0.39, 0.29) is 42.0 Å². The third-order valence-electron chi connectivity index (χ3n) is 5.85. The smallest absolute Gasteiger partial charge is 0.261 e. The Labute approximate surface area is 204 Å². The van der Waals surface area contributed by atoms with Gasteiger partial charge in [-0.2, -0.15) is 0 Å². The van der Waals surface area contributed by atoms with Crippen LogP contribution in [0.5, 0.6) is 0 Å². The minimum absolute atomic E-state index is 0.0773. The molecule has 9 heteroatoms. The normalized spacial score (nSPS) is 13.7. The average molecular weight is 492 g/mol. The van der Waals surface area contributed by atoms with Crippen LogP contribution in [0.15, 0.2) is 71.6 Å². The maximum absolute atomic E-state index is 12.8. The third-order valence-corrected chi connectivity index (χ3v) is 7.22. The number of carbonyl (C=O) groups excluding carboxylic acids is 3. The number of likely N-dealkylation sites (tertiary alicyclic amines) is 1. The van der Waals surface area contributed by atoms with E-state index in [2.05, 4.69) is 10.0 Å². The number of imide groups is 1. The number of nitrogens with zero attached hydrogens (tertiary/aromatic N) is 1. The molecule has 35 heavy (non-hydrogen) atoms. The van der Waals surface area contributed by atoms with E-state index >= 15 is 0 Å². The van der Waals surface area contributed by atoms with Crippen molar-refractivity contribution in [2.45, 2.75) is 38.1 Å². The molecule has 0 aliphatic carbocycles. The molecule has 1 aliphatic rings. The molecule has 2 N–H and O–H groups in total. The lowest BCUT2D eigenvalue weighted by molar-refractivity contribution is -0.139. The molecule has 3 aromatic carbocycles. The maximum Gasteiger partial charge on any atom is 0.261 e. The Morgan fingerprint density at radius 3 is 2.00 bits per heavy atom. The first-order chi connectivity index (χ1) is 16.6. The second-order valence-corrected chi connectivity index (χ2v) is 10.1. The number of anilines is 2. The standard InChI is InChI=1S/C26H25N3O5S/c1-17-4-3-5-18(2)25(17)28-35(33,34)22-12-10-21(11-13-22)27-26(32)20-8-6-19(7-9-20)16-29-23(30)14-15-24(29)31/h3-13,28H,14-16H2,1-2H3,(H,27,32). The lowest BCUT2D eigenvalue weighted by Crippen LogP contribution is -2.28. The largest absolute Gasteiger partial charge is 0.322 e. The van der Waals surface area contributed by atoms with Gasteiger partial charge in [-0.25, -0.2) is 8.42 Å². The third kappa shape index (κ3) is 5.41. The van der Waals surface area contributed by atoms with Gasteiger partial charge in [0.2, 0.25) is 11.8 Å². The predicted octanol–water partition coefficient (Wildman–Crippen LogP) is 4.01. The summed E-state index contributed by atoms with van der Waals surface area (Å²) in [5.41, 5.74) is 3.77. The van der Waals surface area contributed by atoms with Gasteiger partial charge in [0.25, 0.3) is 15.9 Å². The quantitative estimate of drug-likeness (QED) is 0.485. The topological polar surface area (TPSA) is 113 Å². The molecule has 0 radical (unpaired) electrons. The van der Waals surface area contributed by atoms with Crippen LogP contribution in [0, 0.1) is 13.8 Å². The zero-order chi connectivity index (χ0) is 25.2. The molecule has 1 saturated heterocycles. The van der Waals surface area contributed by atoms with Crippen LogP contribution in [-0.4, -0.2) is 31.0 Å². The van der Waals surface area contributed by atoms with Gasteiger partial charge < -0.3 is 5.32 Å². The predicted molar refractivity (Wildman–Crippen MR) is 132 cm³/mol. The molecule has 3 amide bonds. The Hall–Kier alpha value is -3.98. The summed E-state index contributed by atoms with van der Waals surface area (Å²) in [5.74, 6) is -0.743. The molecule has 180 valence electrons. The van der Waals surface area contributed by atoms with Crippen LogP contribution < -0.4 is 10.0 Å². The second-order valence-electron chi connectivity index (χ2n) is 8.42. The number of nitrogens with one attached hydrogen (secondary N) is 2. The van der Waals surface area contributed by atoms with Crippen molar-refractivity contribution < 1.29 is 22.8 Å². The zero-order valence-corrected chi connectivity index (χ0v) is 20.2. The molecule has 1 fully saturated rings. The van der Waals surface area contributed by atoms with Crippen LogP contribution in [0.25, 0.3) is 0 Å². The van der Waals surface area contributed by atoms with Crippen LogP contribution in [0.2, 0.25) is 0 Å². The minimum atomic E-state index is -3.79. The fourth-order valence-electron chi connectivity index (χ4n) is 3.83. The molecule has 0 spiro atoms. The first-order valence-corrected chi connectivity index (χ1v) is 12.5. The summed E-state index contributed by atoms with van der Waals surface area (Å²) in [5, 5.41) is 2.74. The van der Waals surface area contributed by atoms with E-state index < -0.39 is 10.0 Å². The highest BCUT2D eigenvalue weighted by atomic mass is 32.2. The van der Waals surface area contributed by atoms with Crippen LogP contribution in [-0.2, 0) is 26.2 Å². The van der Waals surface area contributed by atoms with Gasteiger partial charge in [0.15, 0.2) is 0 Å². The second kappa shape index (κ2) is 9.71. The maximum atomic E-state index is 12.8. The van der Waals surface area contributed by atoms with Gasteiger partial charge in [0.05, 0.1) is 17.1 Å². The molecule has 0 bridgehead atoms. The molecular weight excluding hydrogens is 466 g/mol. The molecule has 1 heterocycles. The van der Waals surface area contributed by atoms with E-state index in [0.29, 0.717) is 16.9 Å². The van der Waals surface area contributed by atoms with Crippen LogP contribution in [0.3, 0.4) is 0 Å². The van der Waals surface area contributed by atoms with Gasteiger partial charge in [-0.1, -0.05) is 30.3 Å². The van der Waals surface area contributed by atoms with Crippen LogP contribution in [0.4, 0.5) is 11.4 Å². The summed E-state index contributed by atoms with van der Waals surface area (Å²) in [6.45, 7) is 3.86. The first-order valence-electron chi connectivity index (χ1n) is 11.1. The molecule has 0 saturated carbocycles. The first kappa shape index (κ1) is 24.2. The fourth-order valence-corrected chi connectivity index (χ4v) is 5.04. The molecular formula is C26H25N3O5S. The van der Waals surface area contributed by atoms with E-state index in [1.165, 1.54) is 29.2 Å². The number of amides is 3. The molecule has 0 atom stereocenters. The van der Waals surface area contributed by atoms with E-state index in [4.69, 9.17) is 0 Å². The van der Waals surface area contributed by atoms with Crippen molar-refractivity contribution in [3.8, 4) is 0 Å². The number of carbonyl (C=O) groups is 3. The highest BCUT2D eigenvalue weighted by Crippen LogP contribution is 2.24. The Balaban J connectivity index is 1.40. The van der Waals surface area contributed by atoms with Crippen LogP contribution in [0.1, 0.15) is 39.9 Å². The lowest BCUT2D eigenvalue weighted by Gasteiger charge is -2.14. The lowest BCUT2D eigenvalue weighted by atomic mass is 10.1. The van der Waals surface area contributed by atoms with E-state index in [9.17, 15) is 22.8 Å². The average Bonchev–Trinajstić information content (AvgIpc) is 3.14. The van der Waals surface area contributed by atoms with Gasteiger partial charge in [0, 0.05) is 24.1 Å². The van der Waals surface area contributed by atoms with Crippen molar-refractivity contribution in [3.63, 3.8) is 0 Å². The molecule has 3 aromatic rings. The number of hydrogen-bond donors (Lipinski definition) is 2. The van der Waals surface area contributed by atoms with Gasteiger partial charge >= 0.3 is 0 Å². The number of hydrogen-bond acceptors (Lipinski definition) is 5. The fraction of sp³-hybridized carbons (Fsp3) is 0.192. The van der Waals surface area contributed by atoms with Crippen molar-refractivity contribution in [1.29, 1.82) is 0 Å². The summed E-state index contributed by atoms with van der Waals surface area (Å²) in [6, 6.07) is 18.1. The summed E-state index contributed by atoms with van der Waals surface area (Å²) in [4.78, 5) is 37.5. The van der Waals surface area contributed by atoms with Crippen molar-refractivity contribution in [1.82, 2.24) is 4.90 Å². The Morgan fingerprint density at radius 1 is 0.857 bits per heavy atom. The Morgan fingerprint density at radius 2 is 1.43 bits per heavy atom. The summed E-state index contributed by atoms with van der Waals surface area (Å²) in [7, 11) is -3.79. The van der Waals surface area contributed by atoms with E-state index in [1.807, 2.05) is 32.0 Å². The summed E-state index contributed by atoms with van der Waals surface area (Å²) >= 11 is 0. The summed E-state index contributed by atoms with van der Waals surface area (Å²) in [6.07, 6.45) is 0.474.